The van der Waals surface area contributed by atoms with Crippen LogP contribution in [0.1, 0.15) is 5.82 Å². The average molecular weight is 377 g/mol. The molecule has 1 N–H and O–H groups in total. The summed E-state index contributed by atoms with van der Waals surface area (Å²) in [6.07, 6.45) is 4.60. The van der Waals surface area contributed by atoms with Gasteiger partial charge in [-0.25, -0.2) is 27.8 Å². The fourth-order valence-electron chi connectivity index (χ4n) is 2.17. The summed E-state index contributed by atoms with van der Waals surface area (Å²) in [6, 6.07) is 6.84. The van der Waals surface area contributed by atoms with Crippen molar-refractivity contribution in [2.24, 2.45) is 0 Å². The average Bonchev–Trinajstić information content (AvgIpc) is 3.02. The summed E-state index contributed by atoms with van der Waals surface area (Å²) in [5, 5.41) is 0. The van der Waals surface area contributed by atoms with E-state index in [-0.39, 0.29) is 24.0 Å². The van der Waals surface area contributed by atoms with E-state index in [0.717, 1.165) is 0 Å². The number of anilines is 1. The molecule has 136 valence electrons. The largest absolute Gasteiger partial charge is 0.492 e. The maximum absolute atomic E-state index is 12.8. The minimum Gasteiger partial charge on any atom is -0.492 e. The third-order valence-corrected chi connectivity index (χ3v) is 4.64. The molecule has 3 rings (SSSR count). The fourth-order valence-corrected chi connectivity index (χ4v) is 3.00. The number of sulfonamides is 1. The molecule has 26 heavy (non-hydrogen) atoms. The van der Waals surface area contributed by atoms with Gasteiger partial charge in [0.25, 0.3) is 0 Å². The Balaban J connectivity index is 1.62. The molecule has 0 saturated carbocycles. The molecule has 8 nitrogen and oxygen atoms in total. The number of aromatic nitrogens is 4. The first-order chi connectivity index (χ1) is 12.4. The Morgan fingerprint density at radius 2 is 1.96 bits per heavy atom. The van der Waals surface area contributed by atoms with Crippen molar-refractivity contribution in [1.82, 2.24) is 19.5 Å². The van der Waals surface area contributed by atoms with Gasteiger partial charge in [0.05, 0.1) is 0 Å². The van der Waals surface area contributed by atoms with Crippen molar-refractivity contribution in [2.45, 2.75) is 6.92 Å². The van der Waals surface area contributed by atoms with Gasteiger partial charge in [-0.1, -0.05) is 0 Å². The Morgan fingerprint density at radius 1 is 1.19 bits per heavy atom. The summed E-state index contributed by atoms with van der Waals surface area (Å²) >= 11 is 0. The van der Waals surface area contributed by atoms with Crippen molar-refractivity contribution in [1.29, 1.82) is 0 Å². The zero-order valence-electron chi connectivity index (χ0n) is 13.8. The van der Waals surface area contributed by atoms with Crippen LogP contribution in [0.25, 0.3) is 5.82 Å². The molecule has 0 spiro atoms. The van der Waals surface area contributed by atoms with Crippen LogP contribution in [-0.4, -0.2) is 40.3 Å². The molecule has 2 aromatic heterocycles. The van der Waals surface area contributed by atoms with Crippen molar-refractivity contribution >= 4 is 15.8 Å². The molecular weight excluding hydrogens is 361 g/mol. The molecule has 0 aliphatic carbocycles. The van der Waals surface area contributed by atoms with Crippen LogP contribution in [0, 0.1) is 12.7 Å². The molecular formula is C16H16FN5O3S. The first-order valence-corrected chi connectivity index (χ1v) is 9.29. The van der Waals surface area contributed by atoms with Crippen molar-refractivity contribution in [3.63, 3.8) is 0 Å². The third-order valence-electron chi connectivity index (χ3n) is 3.42. The van der Waals surface area contributed by atoms with E-state index in [9.17, 15) is 12.8 Å². The molecule has 0 bridgehead atoms. The van der Waals surface area contributed by atoms with Crippen LogP contribution >= 0.6 is 0 Å². The molecule has 0 radical (unpaired) electrons. The number of ether oxygens (including phenoxy) is 1. The van der Waals surface area contributed by atoms with E-state index < -0.39 is 10.0 Å². The molecule has 10 heteroatoms. The lowest BCUT2D eigenvalue weighted by molar-refractivity contribution is 0.340. The van der Waals surface area contributed by atoms with E-state index in [1.165, 1.54) is 36.7 Å². The molecule has 0 atom stereocenters. The predicted octanol–water partition coefficient (Wildman–Crippen LogP) is 1.93. The van der Waals surface area contributed by atoms with Crippen LogP contribution in [0.2, 0.25) is 0 Å². The predicted molar refractivity (Wildman–Crippen MR) is 93.2 cm³/mol. The third kappa shape index (κ3) is 4.54. The van der Waals surface area contributed by atoms with Crippen molar-refractivity contribution in [2.75, 3.05) is 17.1 Å². The van der Waals surface area contributed by atoms with Crippen LogP contribution < -0.4 is 9.46 Å². The first kappa shape index (κ1) is 17.8. The molecule has 2 heterocycles. The normalized spacial score (nSPS) is 11.3. The van der Waals surface area contributed by atoms with E-state index in [0.29, 0.717) is 17.4 Å². The van der Waals surface area contributed by atoms with Crippen molar-refractivity contribution in [3.8, 4) is 11.6 Å². The Hall–Kier alpha value is -3.01. The van der Waals surface area contributed by atoms with Gasteiger partial charge in [0, 0.05) is 18.5 Å². The zero-order chi connectivity index (χ0) is 18.6. The standard InChI is InChI=1S/C16H16FN5O3S/c1-12-18-6-7-22(12)16-10-15(19-11-20-16)21-26(23,24)9-8-25-14-4-2-13(17)3-5-14/h2-7,10-11H,8-9H2,1H3,(H,19,20,21). The Kier molecular flexibility index (Phi) is 5.12. The fraction of sp³-hybridized carbons (Fsp3) is 0.188. The summed E-state index contributed by atoms with van der Waals surface area (Å²) in [7, 11) is -3.67. The molecule has 3 aromatic rings. The van der Waals surface area contributed by atoms with Gasteiger partial charge in [-0.15, -0.1) is 0 Å². The number of nitrogens with zero attached hydrogens (tertiary/aromatic N) is 4. The van der Waals surface area contributed by atoms with E-state index in [1.807, 2.05) is 0 Å². The highest BCUT2D eigenvalue weighted by molar-refractivity contribution is 7.92. The van der Waals surface area contributed by atoms with Crippen LogP contribution in [0.3, 0.4) is 0 Å². The minimum atomic E-state index is -3.67. The molecule has 0 aliphatic heterocycles. The molecule has 0 fully saturated rings. The number of hydrogen-bond acceptors (Lipinski definition) is 6. The highest BCUT2D eigenvalue weighted by atomic mass is 32.2. The van der Waals surface area contributed by atoms with Gasteiger partial charge in [0.15, 0.2) is 0 Å². The maximum atomic E-state index is 12.8. The van der Waals surface area contributed by atoms with Gasteiger partial charge in [-0.05, 0) is 31.2 Å². The summed E-state index contributed by atoms with van der Waals surface area (Å²) in [5.74, 6) is 1.07. The second kappa shape index (κ2) is 7.48. The van der Waals surface area contributed by atoms with Gasteiger partial charge in [-0.2, -0.15) is 0 Å². The highest BCUT2D eigenvalue weighted by Crippen LogP contribution is 2.13. The number of imidazole rings is 1. The lowest BCUT2D eigenvalue weighted by Crippen LogP contribution is -2.22. The molecule has 0 amide bonds. The number of halogens is 1. The lowest BCUT2D eigenvalue weighted by Gasteiger charge is -2.10. The van der Waals surface area contributed by atoms with Crippen LogP contribution in [0.15, 0.2) is 49.1 Å². The van der Waals surface area contributed by atoms with Crippen molar-refractivity contribution < 1.29 is 17.5 Å². The lowest BCUT2D eigenvalue weighted by atomic mass is 10.3. The van der Waals surface area contributed by atoms with E-state index in [4.69, 9.17) is 4.74 Å². The van der Waals surface area contributed by atoms with Crippen LogP contribution in [0.4, 0.5) is 10.2 Å². The maximum Gasteiger partial charge on any atom is 0.237 e. The Labute approximate surface area is 149 Å². The van der Waals surface area contributed by atoms with E-state index in [2.05, 4.69) is 19.7 Å². The Morgan fingerprint density at radius 3 is 2.65 bits per heavy atom. The summed E-state index contributed by atoms with van der Waals surface area (Å²) < 4.78 is 46.6. The number of rotatable bonds is 7. The van der Waals surface area contributed by atoms with Gasteiger partial charge in [-0.3, -0.25) is 9.29 Å². The smallest absolute Gasteiger partial charge is 0.237 e. The summed E-state index contributed by atoms with van der Waals surface area (Å²) in [6.45, 7) is 1.72. The number of aryl methyl sites for hydroxylation is 1. The number of nitrogens with one attached hydrogen (secondary N) is 1. The molecule has 0 unspecified atom stereocenters. The molecule has 0 saturated heterocycles. The summed E-state index contributed by atoms with van der Waals surface area (Å²) in [4.78, 5) is 12.1. The zero-order valence-corrected chi connectivity index (χ0v) is 14.6. The van der Waals surface area contributed by atoms with Crippen LogP contribution in [-0.2, 0) is 10.0 Å². The minimum absolute atomic E-state index is 0.0838. The van der Waals surface area contributed by atoms with Gasteiger partial charge in [0.1, 0.15) is 47.7 Å². The summed E-state index contributed by atoms with van der Waals surface area (Å²) in [5.41, 5.74) is 0. The highest BCUT2D eigenvalue weighted by Gasteiger charge is 2.13. The topological polar surface area (TPSA) is 99.0 Å². The second-order valence-electron chi connectivity index (χ2n) is 5.33. The van der Waals surface area contributed by atoms with Crippen molar-refractivity contribution in [3.05, 3.63) is 60.7 Å². The number of benzene rings is 1. The number of hydrogen-bond donors (Lipinski definition) is 1. The first-order valence-electron chi connectivity index (χ1n) is 7.64. The van der Waals surface area contributed by atoms with Gasteiger partial charge in [0.2, 0.25) is 10.0 Å². The van der Waals surface area contributed by atoms with E-state index in [1.54, 1.807) is 23.9 Å². The van der Waals surface area contributed by atoms with Gasteiger partial charge >= 0.3 is 0 Å². The monoisotopic (exact) mass is 377 g/mol. The quantitative estimate of drug-likeness (QED) is 0.675. The van der Waals surface area contributed by atoms with E-state index >= 15 is 0 Å². The van der Waals surface area contributed by atoms with Crippen LogP contribution in [0.5, 0.6) is 5.75 Å². The molecule has 1 aromatic carbocycles. The Bertz CT molecular complexity index is 989. The SMILES string of the molecule is Cc1nccn1-c1cc(NS(=O)(=O)CCOc2ccc(F)cc2)ncn1. The second-order valence-corrected chi connectivity index (χ2v) is 7.17. The van der Waals surface area contributed by atoms with Gasteiger partial charge < -0.3 is 4.74 Å². The molecule has 0 aliphatic rings.